The molecule has 1 atom stereocenters. The van der Waals surface area contributed by atoms with Crippen molar-refractivity contribution < 1.29 is 4.74 Å². The van der Waals surface area contributed by atoms with E-state index in [2.05, 4.69) is 235 Å². The Balaban J connectivity index is 1.06. The standard InChI is InChI=1S/C62H43NO/c1-3-17-41(18-4-1)31-34-50-48-24-9-10-25-49(48)53-39-45(32-35-51(50)53)63(59-28-14-11-23-47(59)42-19-5-2-6-20-42)46-33-36-52-54-37-43-21-7-8-22-44(43)38-57(54)62(58(52)40-46)55-26-12-15-29-60(55)64-61-30-16-13-27-56(61)62/h1-30,32-33,35-40,50H,31,34H2. The molecule has 64 heavy (non-hydrogen) atoms. The van der Waals surface area contributed by atoms with Gasteiger partial charge in [0.05, 0.1) is 11.1 Å². The summed E-state index contributed by atoms with van der Waals surface area (Å²) in [6, 6.07) is 85.1. The highest BCUT2D eigenvalue weighted by molar-refractivity contribution is 5.99. The number of anilines is 3. The molecule has 10 aromatic rings. The molecule has 1 unspecified atom stereocenters. The Hall–Kier alpha value is -7.94. The molecule has 2 aliphatic carbocycles. The highest BCUT2D eigenvalue weighted by Gasteiger charge is 2.51. The first-order chi connectivity index (χ1) is 31.7. The summed E-state index contributed by atoms with van der Waals surface area (Å²) in [6.07, 6.45) is 2.09. The lowest BCUT2D eigenvalue weighted by molar-refractivity contribution is 0.436. The molecular formula is C62H43NO. The summed E-state index contributed by atoms with van der Waals surface area (Å²) in [6.45, 7) is 0. The van der Waals surface area contributed by atoms with Crippen molar-refractivity contribution in [2.75, 3.05) is 4.90 Å². The topological polar surface area (TPSA) is 12.5 Å². The third-order valence-corrected chi connectivity index (χ3v) is 14.1. The number of rotatable bonds is 7. The normalized spacial score (nSPS) is 14.5. The van der Waals surface area contributed by atoms with Gasteiger partial charge in [0.25, 0.3) is 0 Å². The molecule has 302 valence electrons. The number of nitrogens with zero attached hydrogens (tertiary/aromatic N) is 1. The Morgan fingerprint density at radius 3 is 1.75 bits per heavy atom. The monoisotopic (exact) mass is 817 g/mol. The van der Waals surface area contributed by atoms with Gasteiger partial charge in [0.2, 0.25) is 0 Å². The first kappa shape index (κ1) is 36.7. The van der Waals surface area contributed by atoms with Gasteiger partial charge in [-0.1, -0.05) is 176 Å². The molecule has 0 radical (unpaired) electrons. The van der Waals surface area contributed by atoms with Crippen molar-refractivity contribution in [3.63, 3.8) is 0 Å². The Morgan fingerprint density at radius 1 is 0.391 bits per heavy atom. The van der Waals surface area contributed by atoms with Gasteiger partial charge >= 0.3 is 0 Å². The summed E-state index contributed by atoms with van der Waals surface area (Å²) in [5.74, 6) is 2.11. The molecule has 3 aliphatic rings. The molecule has 0 fully saturated rings. The van der Waals surface area contributed by atoms with E-state index in [0.29, 0.717) is 5.92 Å². The van der Waals surface area contributed by atoms with E-state index < -0.39 is 5.41 Å². The SMILES string of the molecule is c1ccc(CCC2c3ccccc3-c3cc(N(c4ccc5c(c4)C4(c6ccccc6Oc6ccccc64)c4cc6ccccc6cc4-5)c4ccccc4-c4ccccc4)ccc32)cc1. The Labute approximate surface area is 374 Å². The number of aryl methyl sites for hydroxylation is 1. The number of benzene rings is 10. The predicted octanol–water partition coefficient (Wildman–Crippen LogP) is 16.2. The quantitative estimate of drug-likeness (QED) is 0.159. The summed E-state index contributed by atoms with van der Waals surface area (Å²) >= 11 is 0. The molecule has 2 heteroatoms. The number of hydrogen-bond acceptors (Lipinski definition) is 2. The summed E-state index contributed by atoms with van der Waals surface area (Å²) in [5, 5.41) is 2.47. The maximum absolute atomic E-state index is 6.77. The highest BCUT2D eigenvalue weighted by atomic mass is 16.5. The van der Waals surface area contributed by atoms with Crippen LogP contribution < -0.4 is 9.64 Å². The molecule has 0 saturated carbocycles. The van der Waals surface area contributed by atoms with E-state index in [0.717, 1.165) is 52.5 Å². The van der Waals surface area contributed by atoms with Crippen LogP contribution in [-0.4, -0.2) is 0 Å². The second-order valence-electron chi connectivity index (χ2n) is 17.5. The Kier molecular flexibility index (Phi) is 8.36. The molecule has 1 spiro atoms. The highest BCUT2D eigenvalue weighted by Crippen LogP contribution is 2.63. The minimum atomic E-state index is -0.621. The smallest absolute Gasteiger partial charge is 0.132 e. The zero-order valence-corrected chi connectivity index (χ0v) is 35.3. The lowest BCUT2D eigenvalue weighted by Crippen LogP contribution is -2.32. The molecular weight excluding hydrogens is 775 g/mol. The van der Waals surface area contributed by atoms with E-state index in [9.17, 15) is 0 Å². The van der Waals surface area contributed by atoms with E-state index >= 15 is 0 Å². The van der Waals surface area contributed by atoms with Gasteiger partial charge in [-0.15, -0.1) is 0 Å². The van der Waals surface area contributed by atoms with Gasteiger partial charge in [-0.25, -0.2) is 0 Å². The zero-order chi connectivity index (χ0) is 42.2. The van der Waals surface area contributed by atoms with E-state index in [4.69, 9.17) is 4.74 Å². The van der Waals surface area contributed by atoms with E-state index in [1.807, 2.05) is 0 Å². The third-order valence-electron chi connectivity index (χ3n) is 14.1. The van der Waals surface area contributed by atoms with E-state index in [-0.39, 0.29) is 0 Å². The summed E-state index contributed by atoms with van der Waals surface area (Å²) < 4.78 is 6.77. The van der Waals surface area contributed by atoms with Gasteiger partial charge in [0.15, 0.2) is 0 Å². The van der Waals surface area contributed by atoms with Crippen LogP contribution in [0, 0.1) is 0 Å². The van der Waals surface area contributed by atoms with Crippen LogP contribution in [0.25, 0.3) is 44.2 Å². The van der Waals surface area contributed by atoms with Crippen LogP contribution in [0.3, 0.4) is 0 Å². The van der Waals surface area contributed by atoms with Crippen molar-refractivity contribution in [3.05, 3.63) is 269 Å². The van der Waals surface area contributed by atoms with Crippen LogP contribution in [0.15, 0.2) is 231 Å². The van der Waals surface area contributed by atoms with Crippen molar-refractivity contribution in [3.8, 4) is 44.9 Å². The van der Waals surface area contributed by atoms with Gasteiger partial charge in [-0.2, -0.15) is 0 Å². The minimum Gasteiger partial charge on any atom is -0.457 e. The van der Waals surface area contributed by atoms with Crippen LogP contribution >= 0.6 is 0 Å². The summed E-state index contributed by atoms with van der Waals surface area (Å²) in [7, 11) is 0. The van der Waals surface area contributed by atoms with Crippen LogP contribution in [0.1, 0.15) is 51.3 Å². The molecule has 0 saturated heterocycles. The number of ether oxygens (including phenoxy) is 1. The van der Waals surface area contributed by atoms with Crippen LogP contribution in [0.4, 0.5) is 17.1 Å². The van der Waals surface area contributed by atoms with Gasteiger partial charge in [0, 0.05) is 34.0 Å². The van der Waals surface area contributed by atoms with Crippen molar-refractivity contribution in [1.82, 2.24) is 0 Å². The van der Waals surface area contributed by atoms with Crippen molar-refractivity contribution in [2.45, 2.75) is 24.2 Å². The maximum Gasteiger partial charge on any atom is 0.132 e. The largest absolute Gasteiger partial charge is 0.457 e. The molecule has 1 heterocycles. The first-order valence-electron chi connectivity index (χ1n) is 22.5. The minimum absolute atomic E-state index is 0.327. The molecule has 10 aromatic carbocycles. The predicted molar refractivity (Wildman–Crippen MR) is 263 cm³/mol. The fourth-order valence-electron chi connectivity index (χ4n) is 11.4. The first-order valence-corrected chi connectivity index (χ1v) is 22.5. The summed E-state index contributed by atoms with van der Waals surface area (Å²) in [4.78, 5) is 2.51. The van der Waals surface area contributed by atoms with Crippen molar-refractivity contribution in [2.24, 2.45) is 0 Å². The zero-order valence-electron chi connectivity index (χ0n) is 35.3. The van der Waals surface area contributed by atoms with Crippen LogP contribution in [0.2, 0.25) is 0 Å². The molecule has 2 nitrogen and oxygen atoms in total. The number of fused-ring (bicyclic) bond motifs is 13. The molecule has 0 bridgehead atoms. The lowest BCUT2D eigenvalue weighted by Gasteiger charge is -2.40. The number of hydrogen-bond donors (Lipinski definition) is 0. The average molecular weight is 818 g/mol. The second kappa shape index (κ2) is 14.6. The van der Waals surface area contributed by atoms with Gasteiger partial charge in [-0.3, -0.25) is 0 Å². The third kappa shape index (κ3) is 5.52. The Morgan fingerprint density at radius 2 is 0.969 bits per heavy atom. The van der Waals surface area contributed by atoms with Crippen LogP contribution in [0.5, 0.6) is 11.5 Å². The molecule has 0 aromatic heterocycles. The lowest BCUT2D eigenvalue weighted by atomic mass is 9.66. The van der Waals surface area contributed by atoms with Crippen molar-refractivity contribution >= 4 is 27.8 Å². The van der Waals surface area contributed by atoms with Crippen molar-refractivity contribution in [1.29, 1.82) is 0 Å². The Bertz CT molecular complexity index is 3400. The molecule has 13 rings (SSSR count). The number of para-hydroxylation sites is 3. The molecule has 0 N–H and O–H groups in total. The van der Waals surface area contributed by atoms with Gasteiger partial charge in [-0.05, 0) is 134 Å². The van der Waals surface area contributed by atoms with E-state index in [1.54, 1.807) is 0 Å². The molecule has 1 aliphatic heterocycles. The average Bonchev–Trinajstić information content (AvgIpc) is 3.82. The summed E-state index contributed by atoms with van der Waals surface area (Å²) in [5.41, 5.74) is 19.3. The second-order valence-corrected chi connectivity index (χ2v) is 17.5. The molecule has 0 amide bonds. The van der Waals surface area contributed by atoms with E-state index in [1.165, 1.54) is 72.0 Å². The maximum atomic E-state index is 6.77. The fourth-order valence-corrected chi connectivity index (χ4v) is 11.4. The fraction of sp³-hybridized carbons (Fsp3) is 0.0645. The van der Waals surface area contributed by atoms with Gasteiger partial charge in [0.1, 0.15) is 11.5 Å². The van der Waals surface area contributed by atoms with Gasteiger partial charge < -0.3 is 9.64 Å². The van der Waals surface area contributed by atoms with Crippen LogP contribution in [-0.2, 0) is 11.8 Å².